The van der Waals surface area contributed by atoms with Crippen molar-refractivity contribution in [3.8, 4) is 0 Å². The standard InChI is InChI=1S/C18H28N4O2/c1-13(2)11-20-18(24)22-8-4-5-15(12-22)10-17(23)21-16-9-14(3)6-7-19-16/h6-7,9,13,15H,4-5,8,10-12H2,1-3H3,(H,20,24)(H,19,21,23)/t15-/m1/s1. The van der Waals surface area contributed by atoms with Crippen molar-refractivity contribution in [1.82, 2.24) is 15.2 Å². The highest BCUT2D eigenvalue weighted by molar-refractivity contribution is 5.90. The normalized spacial score (nSPS) is 17.7. The minimum Gasteiger partial charge on any atom is -0.338 e. The monoisotopic (exact) mass is 332 g/mol. The van der Waals surface area contributed by atoms with E-state index in [0.717, 1.165) is 24.9 Å². The molecule has 2 rings (SSSR count). The fraction of sp³-hybridized carbons (Fsp3) is 0.611. The van der Waals surface area contributed by atoms with Gasteiger partial charge in [-0.05, 0) is 49.3 Å². The first-order chi connectivity index (χ1) is 11.4. The molecule has 1 aliphatic rings. The molecule has 2 heterocycles. The second-order valence-corrected chi connectivity index (χ2v) is 7.00. The number of hydrogen-bond donors (Lipinski definition) is 2. The van der Waals surface area contributed by atoms with Crippen molar-refractivity contribution in [3.63, 3.8) is 0 Å². The molecule has 6 heteroatoms. The number of hydrogen-bond acceptors (Lipinski definition) is 3. The maximum Gasteiger partial charge on any atom is 0.317 e. The Morgan fingerprint density at radius 3 is 2.92 bits per heavy atom. The number of likely N-dealkylation sites (tertiary alicyclic amines) is 1. The summed E-state index contributed by atoms with van der Waals surface area (Å²) in [6.07, 6.45) is 4.02. The summed E-state index contributed by atoms with van der Waals surface area (Å²) in [6.45, 7) is 8.19. The summed E-state index contributed by atoms with van der Waals surface area (Å²) in [7, 11) is 0. The Morgan fingerprint density at radius 2 is 2.21 bits per heavy atom. The maximum absolute atomic E-state index is 12.2. The molecule has 0 radical (unpaired) electrons. The average molecular weight is 332 g/mol. The Hall–Kier alpha value is -2.11. The number of urea groups is 1. The number of carbonyl (C=O) groups is 2. The van der Waals surface area contributed by atoms with Crippen LogP contribution in [0.25, 0.3) is 0 Å². The molecule has 1 fully saturated rings. The molecular weight excluding hydrogens is 304 g/mol. The van der Waals surface area contributed by atoms with Gasteiger partial charge in [-0.2, -0.15) is 0 Å². The second kappa shape index (κ2) is 8.66. The van der Waals surface area contributed by atoms with Crippen molar-refractivity contribution in [1.29, 1.82) is 0 Å². The molecular formula is C18H28N4O2. The predicted molar refractivity (Wildman–Crippen MR) is 94.8 cm³/mol. The van der Waals surface area contributed by atoms with Crippen molar-refractivity contribution < 1.29 is 9.59 Å². The minimum absolute atomic E-state index is 0.0193. The van der Waals surface area contributed by atoms with E-state index >= 15 is 0 Å². The Balaban J connectivity index is 1.81. The minimum atomic E-state index is -0.0393. The van der Waals surface area contributed by atoms with Gasteiger partial charge >= 0.3 is 6.03 Å². The summed E-state index contributed by atoms with van der Waals surface area (Å²) >= 11 is 0. The van der Waals surface area contributed by atoms with Gasteiger partial charge in [0, 0.05) is 32.3 Å². The van der Waals surface area contributed by atoms with Crippen molar-refractivity contribution in [2.75, 3.05) is 25.0 Å². The number of amides is 3. The second-order valence-electron chi connectivity index (χ2n) is 7.00. The van der Waals surface area contributed by atoms with Gasteiger partial charge in [-0.15, -0.1) is 0 Å². The molecule has 2 N–H and O–H groups in total. The van der Waals surface area contributed by atoms with Gasteiger partial charge < -0.3 is 15.5 Å². The van der Waals surface area contributed by atoms with Gasteiger partial charge in [0.25, 0.3) is 0 Å². The fourth-order valence-electron chi connectivity index (χ4n) is 2.88. The van der Waals surface area contributed by atoms with E-state index in [9.17, 15) is 9.59 Å². The number of piperidine rings is 1. The molecule has 0 unspecified atom stereocenters. The number of nitrogens with zero attached hydrogens (tertiary/aromatic N) is 2. The largest absolute Gasteiger partial charge is 0.338 e. The Labute approximate surface area is 144 Å². The van der Waals surface area contributed by atoms with Gasteiger partial charge in [-0.3, -0.25) is 4.79 Å². The zero-order valence-corrected chi connectivity index (χ0v) is 14.8. The molecule has 3 amide bonds. The van der Waals surface area contributed by atoms with Crippen LogP contribution in [0, 0.1) is 18.8 Å². The van der Waals surface area contributed by atoms with E-state index in [1.807, 2.05) is 24.0 Å². The number of anilines is 1. The van der Waals surface area contributed by atoms with Gasteiger partial charge in [0.15, 0.2) is 0 Å². The lowest BCUT2D eigenvalue weighted by molar-refractivity contribution is -0.117. The number of carbonyl (C=O) groups excluding carboxylic acids is 2. The van der Waals surface area contributed by atoms with Crippen LogP contribution in [-0.4, -0.2) is 41.5 Å². The molecule has 24 heavy (non-hydrogen) atoms. The van der Waals surface area contributed by atoms with Gasteiger partial charge in [-0.1, -0.05) is 13.8 Å². The molecule has 0 aliphatic carbocycles. The Morgan fingerprint density at radius 1 is 1.42 bits per heavy atom. The summed E-state index contributed by atoms with van der Waals surface area (Å²) in [5.41, 5.74) is 1.06. The van der Waals surface area contributed by atoms with Gasteiger partial charge in [-0.25, -0.2) is 9.78 Å². The van der Waals surface area contributed by atoms with E-state index in [-0.39, 0.29) is 17.9 Å². The lowest BCUT2D eigenvalue weighted by Gasteiger charge is -2.32. The Kier molecular flexibility index (Phi) is 6.58. The summed E-state index contributed by atoms with van der Waals surface area (Å²) in [6, 6.07) is 3.73. The first kappa shape index (κ1) is 18.2. The Bertz CT molecular complexity index is 574. The van der Waals surface area contributed by atoms with E-state index < -0.39 is 0 Å². The molecule has 132 valence electrons. The van der Waals surface area contributed by atoms with E-state index in [0.29, 0.717) is 31.2 Å². The van der Waals surface area contributed by atoms with Gasteiger partial charge in [0.1, 0.15) is 5.82 Å². The van der Waals surface area contributed by atoms with Crippen LogP contribution in [0.3, 0.4) is 0 Å². The highest BCUT2D eigenvalue weighted by atomic mass is 16.2. The van der Waals surface area contributed by atoms with E-state index in [4.69, 9.17) is 0 Å². The van der Waals surface area contributed by atoms with Crippen LogP contribution in [0.2, 0.25) is 0 Å². The first-order valence-corrected chi connectivity index (χ1v) is 8.69. The molecule has 0 aromatic carbocycles. The first-order valence-electron chi connectivity index (χ1n) is 8.69. The predicted octanol–water partition coefficient (Wildman–Crippen LogP) is 2.80. The number of pyridine rings is 1. The summed E-state index contributed by atoms with van der Waals surface area (Å²) in [5, 5.41) is 5.79. The molecule has 0 spiro atoms. The zero-order valence-electron chi connectivity index (χ0n) is 14.8. The number of rotatable bonds is 5. The van der Waals surface area contributed by atoms with Crippen molar-refractivity contribution >= 4 is 17.8 Å². The topological polar surface area (TPSA) is 74.3 Å². The van der Waals surface area contributed by atoms with Crippen LogP contribution in [0.1, 0.15) is 38.7 Å². The van der Waals surface area contributed by atoms with Crippen LogP contribution in [-0.2, 0) is 4.79 Å². The third-order valence-corrected chi connectivity index (χ3v) is 4.12. The maximum atomic E-state index is 12.2. The van der Waals surface area contributed by atoms with Crippen LogP contribution in [0.5, 0.6) is 0 Å². The van der Waals surface area contributed by atoms with Crippen LogP contribution >= 0.6 is 0 Å². The van der Waals surface area contributed by atoms with E-state index in [1.165, 1.54) is 0 Å². The third-order valence-electron chi connectivity index (χ3n) is 4.12. The van der Waals surface area contributed by atoms with Crippen molar-refractivity contribution in [3.05, 3.63) is 23.9 Å². The van der Waals surface area contributed by atoms with Crippen LogP contribution in [0.15, 0.2) is 18.3 Å². The van der Waals surface area contributed by atoms with Gasteiger partial charge in [0.05, 0.1) is 0 Å². The molecule has 0 bridgehead atoms. The fourth-order valence-corrected chi connectivity index (χ4v) is 2.88. The molecule has 1 saturated heterocycles. The molecule has 1 atom stereocenters. The highest BCUT2D eigenvalue weighted by Gasteiger charge is 2.25. The molecule has 1 aliphatic heterocycles. The SMILES string of the molecule is Cc1ccnc(NC(=O)C[C@H]2CCCN(C(=O)NCC(C)C)C2)c1. The lowest BCUT2D eigenvalue weighted by Crippen LogP contribution is -2.46. The number of nitrogens with one attached hydrogen (secondary N) is 2. The molecule has 0 saturated carbocycles. The zero-order chi connectivity index (χ0) is 17.5. The van der Waals surface area contributed by atoms with Crippen molar-refractivity contribution in [2.45, 2.75) is 40.0 Å². The molecule has 1 aromatic heterocycles. The molecule has 6 nitrogen and oxygen atoms in total. The average Bonchev–Trinajstić information content (AvgIpc) is 2.52. The quantitative estimate of drug-likeness (QED) is 0.871. The van der Waals surface area contributed by atoms with Crippen molar-refractivity contribution in [2.24, 2.45) is 11.8 Å². The smallest absolute Gasteiger partial charge is 0.317 e. The van der Waals surface area contributed by atoms with E-state index in [1.54, 1.807) is 6.20 Å². The number of aromatic nitrogens is 1. The van der Waals surface area contributed by atoms with E-state index in [2.05, 4.69) is 29.5 Å². The summed E-state index contributed by atoms with van der Waals surface area (Å²) < 4.78 is 0. The lowest BCUT2D eigenvalue weighted by atomic mass is 9.94. The summed E-state index contributed by atoms with van der Waals surface area (Å²) in [4.78, 5) is 30.4. The van der Waals surface area contributed by atoms with Crippen LogP contribution < -0.4 is 10.6 Å². The summed E-state index contributed by atoms with van der Waals surface area (Å²) in [5.74, 6) is 1.18. The van der Waals surface area contributed by atoms with Crippen LogP contribution in [0.4, 0.5) is 10.6 Å². The third kappa shape index (κ3) is 5.83. The number of aryl methyl sites for hydroxylation is 1. The molecule has 1 aromatic rings. The highest BCUT2D eigenvalue weighted by Crippen LogP contribution is 2.20. The van der Waals surface area contributed by atoms with Gasteiger partial charge in [0.2, 0.25) is 5.91 Å².